The van der Waals surface area contributed by atoms with E-state index >= 15 is 0 Å². The van der Waals surface area contributed by atoms with E-state index in [0.29, 0.717) is 37.6 Å². The van der Waals surface area contributed by atoms with E-state index in [4.69, 9.17) is 9.47 Å². The SMILES string of the molecule is CCN(CC)S(=O)(=O)c1ccc(OC)c(NC(=O)CCCOc2ccc(C)cc2C)c1. The highest BCUT2D eigenvalue weighted by molar-refractivity contribution is 7.89. The molecule has 31 heavy (non-hydrogen) atoms. The quantitative estimate of drug-likeness (QED) is 0.522. The summed E-state index contributed by atoms with van der Waals surface area (Å²) >= 11 is 0. The van der Waals surface area contributed by atoms with Crippen LogP contribution in [-0.2, 0) is 14.8 Å². The van der Waals surface area contributed by atoms with Crippen LogP contribution in [0.25, 0.3) is 0 Å². The number of rotatable bonds is 11. The van der Waals surface area contributed by atoms with Crippen LogP contribution in [0.5, 0.6) is 11.5 Å². The highest BCUT2D eigenvalue weighted by Gasteiger charge is 2.23. The third-order valence-corrected chi connectivity index (χ3v) is 6.97. The molecule has 0 radical (unpaired) electrons. The van der Waals surface area contributed by atoms with Gasteiger partial charge in [-0.1, -0.05) is 31.5 Å². The third-order valence-electron chi connectivity index (χ3n) is 4.92. The molecule has 2 rings (SSSR count). The lowest BCUT2D eigenvalue weighted by atomic mass is 10.1. The summed E-state index contributed by atoms with van der Waals surface area (Å²) in [6.45, 7) is 8.73. The minimum atomic E-state index is -3.64. The Morgan fingerprint density at radius 1 is 1.03 bits per heavy atom. The molecule has 0 aliphatic carbocycles. The van der Waals surface area contributed by atoms with Crippen LogP contribution in [0.4, 0.5) is 5.69 Å². The Labute approximate surface area is 185 Å². The average Bonchev–Trinajstić information content (AvgIpc) is 2.73. The molecular formula is C23H32N2O5S. The van der Waals surface area contributed by atoms with E-state index in [1.807, 2.05) is 32.0 Å². The Kier molecular flexibility index (Phi) is 8.88. The molecule has 0 fully saturated rings. The van der Waals surface area contributed by atoms with Gasteiger partial charge in [0.2, 0.25) is 15.9 Å². The zero-order valence-corrected chi connectivity index (χ0v) is 19.7. The molecule has 0 heterocycles. The van der Waals surface area contributed by atoms with E-state index in [9.17, 15) is 13.2 Å². The monoisotopic (exact) mass is 448 g/mol. The molecule has 0 saturated heterocycles. The van der Waals surface area contributed by atoms with E-state index in [2.05, 4.69) is 5.32 Å². The van der Waals surface area contributed by atoms with Crippen molar-refractivity contribution in [2.24, 2.45) is 0 Å². The van der Waals surface area contributed by atoms with Crippen LogP contribution in [0.1, 0.15) is 37.8 Å². The first kappa shape index (κ1) is 24.7. The van der Waals surface area contributed by atoms with Crippen molar-refractivity contribution in [3.63, 3.8) is 0 Å². The largest absolute Gasteiger partial charge is 0.495 e. The summed E-state index contributed by atoms with van der Waals surface area (Å²) in [5, 5.41) is 2.76. The standard InChI is InChI=1S/C23H32N2O5S/c1-6-25(7-2)31(27,28)19-11-13-22(29-5)20(16-19)24-23(26)9-8-14-30-21-12-10-17(3)15-18(21)4/h10-13,15-16H,6-9,14H2,1-5H3,(H,24,26). The Hall–Kier alpha value is -2.58. The molecule has 0 atom stereocenters. The maximum absolute atomic E-state index is 12.8. The number of ether oxygens (including phenoxy) is 2. The topological polar surface area (TPSA) is 84.9 Å². The first-order valence-electron chi connectivity index (χ1n) is 10.4. The molecule has 1 amide bonds. The van der Waals surface area contributed by atoms with Crippen molar-refractivity contribution in [3.05, 3.63) is 47.5 Å². The number of anilines is 1. The van der Waals surface area contributed by atoms with Gasteiger partial charge in [0, 0.05) is 19.5 Å². The van der Waals surface area contributed by atoms with Crippen molar-refractivity contribution in [1.29, 1.82) is 0 Å². The zero-order chi connectivity index (χ0) is 23.0. The maximum Gasteiger partial charge on any atom is 0.243 e. The lowest BCUT2D eigenvalue weighted by Gasteiger charge is -2.19. The molecule has 7 nitrogen and oxygen atoms in total. The Bertz CT molecular complexity index is 1000. The number of nitrogens with zero attached hydrogens (tertiary/aromatic N) is 1. The Morgan fingerprint density at radius 2 is 1.71 bits per heavy atom. The van der Waals surface area contributed by atoms with Gasteiger partial charge in [0.25, 0.3) is 0 Å². The molecule has 1 N–H and O–H groups in total. The van der Waals surface area contributed by atoms with Crippen molar-refractivity contribution < 1.29 is 22.7 Å². The van der Waals surface area contributed by atoms with Crippen LogP contribution >= 0.6 is 0 Å². The van der Waals surface area contributed by atoms with Gasteiger partial charge in [-0.25, -0.2) is 8.42 Å². The second-order valence-corrected chi connectivity index (χ2v) is 9.16. The van der Waals surface area contributed by atoms with Crippen LogP contribution in [0.2, 0.25) is 0 Å². The number of carbonyl (C=O) groups excluding carboxylic acids is 1. The van der Waals surface area contributed by atoms with Gasteiger partial charge in [0.15, 0.2) is 0 Å². The number of hydrogen-bond donors (Lipinski definition) is 1. The van der Waals surface area contributed by atoms with Crippen molar-refractivity contribution >= 4 is 21.6 Å². The predicted molar refractivity (Wildman–Crippen MR) is 122 cm³/mol. The lowest BCUT2D eigenvalue weighted by molar-refractivity contribution is -0.116. The minimum Gasteiger partial charge on any atom is -0.495 e. The summed E-state index contributed by atoms with van der Waals surface area (Å²) in [5.74, 6) is 0.972. The van der Waals surface area contributed by atoms with Gasteiger partial charge >= 0.3 is 0 Å². The fourth-order valence-corrected chi connectivity index (χ4v) is 4.73. The molecule has 8 heteroatoms. The molecule has 0 aliphatic heterocycles. The zero-order valence-electron chi connectivity index (χ0n) is 18.9. The Balaban J connectivity index is 2.01. The molecule has 2 aromatic carbocycles. The number of carbonyl (C=O) groups is 1. The van der Waals surface area contributed by atoms with Gasteiger partial charge in [-0.3, -0.25) is 4.79 Å². The number of aryl methyl sites for hydroxylation is 2. The molecule has 0 saturated carbocycles. The fourth-order valence-electron chi connectivity index (χ4n) is 3.25. The fraction of sp³-hybridized carbons (Fsp3) is 0.435. The summed E-state index contributed by atoms with van der Waals surface area (Å²) in [7, 11) is -2.16. The number of nitrogens with one attached hydrogen (secondary N) is 1. The van der Waals surface area contributed by atoms with Crippen molar-refractivity contribution in [3.8, 4) is 11.5 Å². The van der Waals surface area contributed by atoms with E-state index in [1.165, 1.54) is 29.1 Å². The number of hydrogen-bond acceptors (Lipinski definition) is 5. The van der Waals surface area contributed by atoms with Gasteiger partial charge in [-0.2, -0.15) is 4.31 Å². The lowest BCUT2D eigenvalue weighted by Crippen LogP contribution is -2.30. The average molecular weight is 449 g/mol. The summed E-state index contributed by atoms with van der Waals surface area (Å²) < 4.78 is 38.0. The molecular weight excluding hydrogens is 416 g/mol. The number of amides is 1. The van der Waals surface area contributed by atoms with Gasteiger partial charge < -0.3 is 14.8 Å². The van der Waals surface area contributed by atoms with Gasteiger partial charge in [0.05, 0.1) is 24.3 Å². The highest BCUT2D eigenvalue weighted by Crippen LogP contribution is 2.29. The van der Waals surface area contributed by atoms with Crippen LogP contribution in [0.3, 0.4) is 0 Å². The van der Waals surface area contributed by atoms with Crippen molar-refractivity contribution in [2.75, 3.05) is 32.1 Å². The highest BCUT2D eigenvalue weighted by atomic mass is 32.2. The molecule has 2 aromatic rings. The van der Waals surface area contributed by atoms with Crippen LogP contribution < -0.4 is 14.8 Å². The minimum absolute atomic E-state index is 0.116. The number of methoxy groups -OCH3 is 1. The Morgan fingerprint density at radius 3 is 2.32 bits per heavy atom. The molecule has 0 bridgehead atoms. The first-order valence-corrected chi connectivity index (χ1v) is 11.8. The first-order chi connectivity index (χ1) is 14.7. The smallest absolute Gasteiger partial charge is 0.243 e. The van der Waals surface area contributed by atoms with Crippen LogP contribution in [-0.4, -0.2) is 45.4 Å². The maximum atomic E-state index is 12.8. The molecule has 0 spiro atoms. The van der Waals surface area contributed by atoms with E-state index < -0.39 is 10.0 Å². The molecule has 170 valence electrons. The van der Waals surface area contributed by atoms with Gasteiger partial charge in [0.1, 0.15) is 11.5 Å². The second-order valence-electron chi connectivity index (χ2n) is 7.22. The molecule has 0 aliphatic rings. The van der Waals surface area contributed by atoms with E-state index in [-0.39, 0.29) is 17.2 Å². The molecule has 0 unspecified atom stereocenters. The van der Waals surface area contributed by atoms with E-state index in [0.717, 1.165) is 11.3 Å². The number of benzene rings is 2. The summed E-state index contributed by atoms with van der Waals surface area (Å²) in [6.07, 6.45) is 0.764. The van der Waals surface area contributed by atoms with Gasteiger partial charge in [-0.15, -0.1) is 0 Å². The normalized spacial score (nSPS) is 11.4. The summed E-state index contributed by atoms with van der Waals surface area (Å²) in [6, 6.07) is 10.4. The van der Waals surface area contributed by atoms with Gasteiger partial charge in [-0.05, 0) is 50.1 Å². The van der Waals surface area contributed by atoms with Crippen molar-refractivity contribution in [1.82, 2.24) is 4.31 Å². The predicted octanol–water partition coefficient (Wildman–Crippen LogP) is 4.14. The summed E-state index contributed by atoms with van der Waals surface area (Å²) in [5.41, 5.74) is 2.56. The second kappa shape index (κ2) is 11.2. The van der Waals surface area contributed by atoms with Crippen molar-refractivity contribution in [2.45, 2.75) is 45.4 Å². The van der Waals surface area contributed by atoms with E-state index in [1.54, 1.807) is 19.9 Å². The third kappa shape index (κ3) is 6.45. The van der Waals surface area contributed by atoms with Crippen LogP contribution in [0, 0.1) is 13.8 Å². The molecule has 0 aromatic heterocycles. The summed E-state index contributed by atoms with van der Waals surface area (Å²) in [4.78, 5) is 12.5. The number of sulfonamides is 1. The van der Waals surface area contributed by atoms with Crippen LogP contribution in [0.15, 0.2) is 41.3 Å².